The third-order valence-corrected chi connectivity index (χ3v) is 5.20. The Morgan fingerprint density at radius 2 is 1.88 bits per heavy atom. The molecule has 1 aliphatic rings. The fraction of sp³-hybridized carbons (Fsp3) is 0.368. The Morgan fingerprint density at radius 3 is 2.54 bits per heavy atom. The maximum Gasteiger partial charge on any atom is 0.289 e. The summed E-state index contributed by atoms with van der Waals surface area (Å²) in [6, 6.07) is 8.52. The number of amides is 2. The van der Waals surface area contributed by atoms with E-state index in [1.807, 2.05) is 26.0 Å². The van der Waals surface area contributed by atoms with Crippen molar-refractivity contribution in [2.75, 3.05) is 31.5 Å². The second kappa shape index (κ2) is 7.93. The number of hydrogen-bond donors (Lipinski definition) is 1. The number of rotatable bonds is 4. The highest BCUT2D eigenvalue weighted by molar-refractivity contribution is 6.31. The lowest BCUT2D eigenvalue weighted by atomic mass is 10.1. The molecule has 138 valence electrons. The van der Waals surface area contributed by atoms with E-state index in [1.165, 1.54) is 6.26 Å². The van der Waals surface area contributed by atoms with E-state index >= 15 is 0 Å². The zero-order valence-corrected chi connectivity index (χ0v) is 15.6. The summed E-state index contributed by atoms with van der Waals surface area (Å²) in [5, 5.41) is 3.57. The third kappa shape index (κ3) is 3.92. The van der Waals surface area contributed by atoms with Crippen LogP contribution in [0.15, 0.2) is 41.0 Å². The van der Waals surface area contributed by atoms with E-state index < -0.39 is 0 Å². The molecule has 0 spiro atoms. The molecule has 2 heterocycles. The SMILES string of the molecule is Cc1c(Cl)cccc1NC(=O)[C@H](C)N1CCN(C(=O)c2ccco2)CC1. The monoisotopic (exact) mass is 375 g/mol. The van der Waals surface area contributed by atoms with Gasteiger partial charge in [-0.05, 0) is 43.7 Å². The molecule has 0 saturated carbocycles. The smallest absolute Gasteiger partial charge is 0.289 e. The highest BCUT2D eigenvalue weighted by atomic mass is 35.5. The van der Waals surface area contributed by atoms with Crippen molar-refractivity contribution in [1.29, 1.82) is 0 Å². The van der Waals surface area contributed by atoms with Crippen LogP contribution in [0, 0.1) is 6.92 Å². The van der Waals surface area contributed by atoms with Crippen molar-refractivity contribution in [2.24, 2.45) is 0 Å². The van der Waals surface area contributed by atoms with Crippen LogP contribution in [0.2, 0.25) is 5.02 Å². The van der Waals surface area contributed by atoms with E-state index in [0.717, 1.165) is 11.3 Å². The predicted molar refractivity (Wildman–Crippen MR) is 100 cm³/mol. The first-order valence-corrected chi connectivity index (χ1v) is 8.98. The number of piperazine rings is 1. The molecule has 1 fully saturated rings. The lowest BCUT2D eigenvalue weighted by Crippen LogP contribution is -2.54. The lowest BCUT2D eigenvalue weighted by molar-refractivity contribution is -0.121. The van der Waals surface area contributed by atoms with Gasteiger partial charge in [0.2, 0.25) is 5.91 Å². The Kier molecular flexibility index (Phi) is 5.64. The van der Waals surface area contributed by atoms with E-state index in [9.17, 15) is 9.59 Å². The van der Waals surface area contributed by atoms with Gasteiger partial charge in [-0.3, -0.25) is 14.5 Å². The van der Waals surface area contributed by atoms with Crippen molar-refractivity contribution in [2.45, 2.75) is 19.9 Å². The molecule has 2 aromatic rings. The zero-order chi connectivity index (χ0) is 18.7. The molecule has 3 rings (SSSR count). The van der Waals surface area contributed by atoms with Gasteiger partial charge in [0.1, 0.15) is 0 Å². The molecular weight excluding hydrogens is 354 g/mol. The average molecular weight is 376 g/mol. The van der Waals surface area contributed by atoms with Crippen molar-refractivity contribution in [3.8, 4) is 0 Å². The van der Waals surface area contributed by atoms with Crippen molar-refractivity contribution in [3.63, 3.8) is 0 Å². The van der Waals surface area contributed by atoms with Crippen LogP contribution in [0.1, 0.15) is 23.0 Å². The van der Waals surface area contributed by atoms with Crippen LogP contribution in [0.4, 0.5) is 5.69 Å². The summed E-state index contributed by atoms with van der Waals surface area (Å²) in [4.78, 5) is 28.7. The number of carbonyl (C=O) groups is 2. The molecule has 0 radical (unpaired) electrons. The van der Waals surface area contributed by atoms with Crippen LogP contribution in [0.3, 0.4) is 0 Å². The molecule has 1 aromatic heterocycles. The quantitative estimate of drug-likeness (QED) is 0.892. The summed E-state index contributed by atoms with van der Waals surface area (Å²) in [6.45, 7) is 6.15. The first-order valence-electron chi connectivity index (χ1n) is 8.60. The first-order chi connectivity index (χ1) is 12.5. The molecule has 0 aliphatic carbocycles. The molecule has 1 atom stereocenters. The predicted octanol–water partition coefficient (Wildman–Crippen LogP) is 3.03. The van der Waals surface area contributed by atoms with Crippen molar-refractivity contribution in [1.82, 2.24) is 9.80 Å². The van der Waals surface area contributed by atoms with Crippen LogP contribution in [-0.2, 0) is 4.79 Å². The number of halogens is 1. The molecule has 0 unspecified atom stereocenters. The van der Waals surface area contributed by atoms with Gasteiger partial charge in [-0.2, -0.15) is 0 Å². The Morgan fingerprint density at radius 1 is 1.15 bits per heavy atom. The molecule has 1 aromatic carbocycles. The normalized spacial score (nSPS) is 16.3. The van der Waals surface area contributed by atoms with Crippen LogP contribution in [-0.4, -0.2) is 53.8 Å². The summed E-state index contributed by atoms with van der Waals surface area (Å²) in [5.41, 5.74) is 1.57. The summed E-state index contributed by atoms with van der Waals surface area (Å²) >= 11 is 6.11. The third-order valence-electron chi connectivity index (χ3n) is 4.79. The Labute approximate surface area is 157 Å². The van der Waals surface area contributed by atoms with Gasteiger partial charge in [0.15, 0.2) is 5.76 Å². The topological polar surface area (TPSA) is 65.8 Å². The number of hydrogen-bond acceptors (Lipinski definition) is 4. The second-order valence-electron chi connectivity index (χ2n) is 6.38. The van der Waals surface area contributed by atoms with Gasteiger partial charge >= 0.3 is 0 Å². The van der Waals surface area contributed by atoms with Crippen LogP contribution in [0.5, 0.6) is 0 Å². The molecule has 1 N–H and O–H groups in total. The molecular formula is C19H22ClN3O3. The van der Waals surface area contributed by atoms with Crippen molar-refractivity contribution < 1.29 is 14.0 Å². The average Bonchev–Trinajstić information content (AvgIpc) is 3.19. The molecule has 0 bridgehead atoms. The maximum atomic E-state index is 12.6. The minimum absolute atomic E-state index is 0.0822. The van der Waals surface area contributed by atoms with E-state index in [-0.39, 0.29) is 17.9 Å². The lowest BCUT2D eigenvalue weighted by Gasteiger charge is -2.37. The standard InChI is InChI=1S/C19H22ClN3O3/c1-13-15(20)5-3-6-16(13)21-18(24)14(2)22-8-10-23(11-9-22)19(25)17-7-4-12-26-17/h3-7,12,14H,8-11H2,1-2H3,(H,21,24)/t14-/m0/s1. The number of furan rings is 1. The molecule has 1 aliphatic heterocycles. The highest BCUT2D eigenvalue weighted by Crippen LogP contribution is 2.23. The summed E-state index contributed by atoms with van der Waals surface area (Å²) in [6.07, 6.45) is 1.49. The number of nitrogens with zero attached hydrogens (tertiary/aromatic N) is 2. The Balaban J connectivity index is 1.56. The van der Waals surface area contributed by atoms with E-state index in [4.69, 9.17) is 16.0 Å². The Bertz CT molecular complexity index is 783. The molecule has 7 heteroatoms. The first kappa shape index (κ1) is 18.5. The molecule has 1 saturated heterocycles. The van der Waals surface area contributed by atoms with Gasteiger partial charge in [0, 0.05) is 36.9 Å². The highest BCUT2D eigenvalue weighted by Gasteiger charge is 2.28. The van der Waals surface area contributed by atoms with Crippen molar-refractivity contribution in [3.05, 3.63) is 52.9 Å². The molecule has 26 heavy (non-hydrogen) atoms. The van der Waals surface area contributed by atoms with Gasteiger partial charge in [-0.15, -0.1) is 0 Å². The summed E-state index contributed by atoms with van der Waals surface area (Å²) in [5.74, 6) is 0.156. The Hall–Kier alpha value is -2.31. The minimum Gasteiger partial charge on any atom is -0.459 e. The van der Waals surface area contributed by atoms with Crippen LogP contribution in [0.25, 0.3) is 0 Å². The fourth-order valence-electron chi connectivity index (χ4n) is 3.01. The van der Waals surface area contributed by atoms with Crippen LogP contribution < -0.4 is 5.32 Å². The number of nitrogens with one attached hydrogen (secondary N) is 1. The second-order valence-corrected chi connectivity index (χ2v) is 6.79. The summed E-state index contributed by atoms with van der Waals surface area (Å²) in [7, 11) is 0. The molecule has 2 amide bonds. The molecule has 6 nitrogen and oxygen atoms in total. The largest absolute Gasteiger partial charge is 0.459 e. The van der Waals surface area contributed by atoms with Gasteiger partial charge in [-0.1, -0.05) is 17.7 Å². The minimum atomic E-state index is -0.297. The summed E-state index contributed by atoms with van der Waals surface area (Å²) < 4.78 is 5.17. The van der Waals surface area contributed by atoms with Gasteiger partial charge in [-0.25, -0.2) is 0 Å². The fourth-order valence-corrected chi connectivity index (χ4v) is 3.19. The number of carbonyl (C=O) groups excluding carboxylic acids is 2. The maximum absolute atomic E-state index is 12.6. The zero-order valence-electron chi connectivity index (χ0n) is 14.9. The number of anilines is 1. The number of benzene rings is 1. The van der Waals surface area contributed by atoms with Gasteiger partial charge < -0.3 is 14.6 Å². The van der Waals surface area contributed by atoms with Crippen LogP contribution >= 0.6 is 11.6 Å². The van der Waals surface area contributed by atoms with Crippen molar-refractivity contribution >= 4 is 29.1 Å². The van der Waals surface area contributed by atoms with E-state index in [1.54, 1.807) is 23.1 Å². The van der Waals surface area contributed by atoms with E-state index in [0.29, 0.717) is 37.0 Å². The van der Waals surface area contributed by atoms with Gasteiger partial charge in [0.25, 0.3) is 5.91 Å². The van der Waals surface area contributed by atoms with E-state index in [2.05, 4.69) is 10.2 Å². The van der Waals surface area contributed by atoms with Gasteiger partial charge in [0.05, 0.1) is 12.3 Å².